The lowest BCUT2D eigenvalue weighted by Crippen LogP contribution is -2.48. The minimum Gasteiger partial charge on any atom is -0.371 e. The van der Waals surface area contributed by atoms with Gasteiger partial charge in [0.05, 0.1) is 16.9 Å². The topological polar surface area (TPSA) is 99.4 Å². The van der Waals surface area contributed by atoms with E-state index >= 15 is 0 Å². The molecule has 1 saturated carbocycles. The predicted octanol–water partition coefficient (Wildman–Crippen LogP) is 5.73. The quantitative estimate of drug-likeness (QED) is 0.343. The molecule has 2 aromatic rings. The molecule has 0 atom stereocenters. The molecule has 3 heterocycles. The first-order valence-corrected chi connectivity index (χ1v) is 16.0. The average molecular weight is 586 g/mol. The molecule has 1 aromatic heterocycles. The van der Waals surface area contributed by atoms with Crippen LogP contribution in [-0.4, -0.2) is 66.1 Å². The number of nitrogens with two attached hydrogens (primary N) is 1. The molecule has 218 valence electrons. The van der Waals surface area contributed by atoms with Crippen LogP contribution in [0.15, 0.2) is 34.3 Å². The number of hydrogen-bond donors (Lipinski definition) is 3. The third-order valence-corrected chi connectivity index (χ3v) is 10.6. The number of nitrogens with zero attached hydrogens (tertiary/aromatic N) is 4. The zero-order chi connectivity index (χ0) is 28.3. The van der Waals surface area contributed by atoms with Crippen molar-refractivity contribution >= 4 is 46.6 Å². The van der Waals surface area contributed by atoms with Gasteiger partial charge in [-0.25, -0.2) is 9.97 Å². The van der Waals surface area contributed by atoms with Gasteiger partial charge in [-0.15, -0.1) is 0 Å². The van der Waals surface area contributed by atoms with Crippen molar-refractivity contribution in [2.75, 3.05) is 55.3 Å². The van der Waals surface area contributed by atoms with Crippen LogP contribution in [0.5, 0.6) is 0 Å². The smallest absolute Gasteiger partial charge is 0.227 e. The molecule has 4 N–H and O–H groups in total. The van der Waals surface area contributed by atoms with Crippen LogP contribution in [0.3, 0.4) is 0 Å². The van der Waals surface area contributed by atoms with Crippen molar-refractivity contribution in [2.24, 2.45) is 23.5 Å². The monoisotopic (exact) mass is 585 g/mol. The van der Waals surface area contributed by atoms with E-state index in [0.717, 1.165) is 79.4 Å². The van der Waals surface area contributed by atoms with E-state index in [2.05, 4.69) is 34.3 Å². The number of hydrogen-bond acceptors (Lipinski definition) is 8. The van der Waals surface area contributed by atoms with E-state index in [1.165, 1.54) is 37.6 Å². The molecule has 1 aromatic carbocycles. The largest absolute Gasteiger partial charge is 0.371 e. The fourth-order valence-corrected chi connectivity index (χ4v) is 7.32. The Morgan fingerprint density at radius 3 is 2.58 bits per heavy atom. The summed E-state index contributed by atoms with van der Waals surface area (Å²) < 4.78 is 0. The fourth-order valence-electron chi connectivity index (χ4n) is 6.13. The van der Waals surface area contributed by atoms with E-state index in [0.29, 0.717) is 16.5 Å². The van der Waals surface area contributed by atoms with Crippen LogP contribution in [0.1, 0.15) is 58.8 Å². The van der Waals surface area contributed by atoms with Crippen LogP contribution in [-0.2, 0) is 4.79 Å². The van der Waals surface area contributed by atoms with Crippen LogP contribution in [0, 0.1) is 17.8 Å². The number of likely N-dealkylation sites (tertiary alicyclic amines) is 1. The first kappa shape index (κ1) is 29.4. The van der Waals surface area contributed by atoms with Gasteiger partial charge in [0.2, 0.25) is 5.91 Å². The van der Waals surface area contributed by atoms with Gasteiger partial charge in [0, 0.05) is 43.0 Å². The summed E-state index contributed by atoms with van der Waals surface area (Å²) in [7, 11) is 1.85. The first-order valence-electron chi connectivity index (χ1n) is 14.8. The van der Waals surface area contributed by atoms with Gasteiger partial charge in [-0.2, -0.15) is 0 Å². The van der Waals surface area contributed by atoms with Crippen LogP contribution >= 0.6 is 23.4 Å². The highest BCUT2D eigenvalue weighted by Crippen LogP contribution is 2.40. The molecule has 10 heteroatoms. The molecule has 40 heavy (non-hydrogen) atoms. The van der Waals surface area contributed by atoms with E-state index in [9.17, 15) is 4.79 Å². The second-order valence-corrected chi connectivity index (χ2v) is 13.6. The SMILES string of the molecule is CCC1CC(CN2CCC(C(=O)Nc3cccc(Sc4ncc(N5CCC(C)(N)CC5)nc4NC)c3Cl)CC2)C1. The number of carbonyl (C=O) groups is 1. The number of amides is 1. The standard InChI is InChI=1S/C30H44ClN7OS/c1-4-20-16-21(17-20)19-37-12-8-22(9-13-37)28(39)35-23-6-5-7-24(26(23)31)40-29-27(33-3)36-25(18-34-29)38-14-10-30(2,32)11-15-38/h5-7,18,20-22H,4,8-17,19,32H2,1-3H3,(H,33,36)(H,35,39). The van der Waals surface area contributed by atoms with Gasteiger partial charge in [0.1, 0.15) is 10.8 Å². The Kier molecular flexibility index (Phi) is 9.45. The molecular weight excluding hydrogens is 542 g/mol. The zero-order valence-corrected chi connectivity index (χ0v) is 25.7. The Hall–Kier alpha value is -2.07. The van der Waals surface area contributed by atoms with Gasteiger partial charge < -0.3 is 26.2 Å². The lowest BCUT2D eigenvalue weighted by atomic mass is 9.73. The molecule has 1 aliphatic carbocycles. The summed E-state index contributed by atoms with van der Waals surface area (Å²) in [4.78, 5) is 28.3. The Morgan fingerprint density at radius 2 is 1.90 bits per heavy atom. The van der Waals surface area contributed by atoms with Gasteiger partial charge in [0.25, 0.3) is 0 Å². The molecule has 1 amide bonds. The summed E-state index contributed by atoms with van der Waals surface area (Å²) in [5.74, 6) is 3.42. The maximum Gasteiger partial charge on any atom is 0.227 e. The summed E-state index contributed by atoms with van der Waals surface area (Å²) in [6.07, 6.45) is 9.53. The number of piperidine rings is 2. The summed E-state index contributed by atoms with van der Waals surface area (Å²) in [6, 6.07) is 5.74. The lowest BCUT2D eigenvalue weighted by molar-refractivity contribution is -0.121. The molecule has 0 radical (unpaired) electrons. The van der Waals surface area contributed by atoms with Crippen molar-refractivity contribution in [3.8, 4) is 0 Å². The number of halogens is 1. The molecule has 0 unspecified atom stereocenters. The minimum absolute atomic E-state index is 0.0228. The summed E-state index contributed by atoms with van der Waals surface area (Å²) in [5, 5.41) is 7.56. The van der Waals surface area contributed by atoms with Crippen LogP contribution in [0.2, 0.25) is 5.02 Å². The van der Waals surface area contributed by atoms with Crippen molar-refractivity contribution < 1.29 is 4.79 Å². The predicted molar refractivity (Wildman–Crippen MR) is 165 cm³/mol. The van der Waals surface area contributed by atoms with E-state index < -0.39 is 0 Å². The maximum atomic E-state index is 13.2. The Balaban J connectivity index is 1.17. The van der Waals surface area contributed by atoms with Crippen molar-refractivity contribution in [2.45, 2.75) is 74.3 Å². The van der Waals surface area contributed by atoms with Crippen molar-refractivity contribution in [3.63, 3.8) is 0 Å². The molecule has 2 saturated heterocycles. The Morgan fingerprint density at radius 1 is 1.18 bits per heavy atom. The molecule has 2 aliphatic heterocycles. The molecule has 5 rings (SSSR count). The summed E-state index contributed by atoms with van der Waals surface area (Å²) in [6.45, 7) is 9.33. The summed E-state index contributed by atoms with van der Waals surface area (Å²) in [5.41, 5.74) is 6.83. The Labute approximate surface area is 248 Å². The molecule has 3 aliphatic rings. The second kappa shape index (κ2) is 12.8. The second-order valence-electron chi connectivity index (χ2n) is 12.2. The van der Waals surface area contributed by atoms with E-state index in [4.69, 9.17) is 27.3 Å². The summed E-state index contributed by atoms with van der Waals surface area (Å²) >= 11 is 8.26. The van der Waals surface area contributed by atoms with Crippen molar-refractivity contribution in [3.05, 3.63) is 29.4 Å². The van der Waals surface area contributed by atoms with Crippen LogP contribution in [0.25, 0.3) is 0 Å². The minimum atomic E-state index is -0.117. The number of anilines is 3. The highest BCUT2D eigenvalue weighted by atomic mass is 35.5. The molecule has 3 fully saturated rings. The molecule has 0 bridgehead atoms. The number of rotatable bonds is 9. The van der Waals surface area contributed by atoms with Crippen LogP contribution in [0.4, 0.5) is 17.3 Å². The number of benzene rings is 1. The Bertz CT molecular complexity index is 1170. The fraction of sp³-hybridized carbons (Fsp3) is 0.633. The number of nitrogens with one attached hydrogen (secondary N) is 2. The third-order valence-electron chi connectivity index (χ3n) is 9.01. The van der Waals surface area contributed by atoms with Gasteiger partial charge >= 0.3 is 0 Å². The first-order chi connectivity index (χ1) is 19.2. The van der Waals surface area contributed by atoms with Gasteiger partial charge in [0.15, 0.2) is 5.82 Å². The average Bonchev–Trinajstić information content (AvgIpc) is 2.93. The maximum absolute atomic E-state index is 13.2. The normalized spacial score (nSPS) is 23.5. The van der Waals surface area contributed by atoms with E-state index in [1.807, 2.05) is 31.4 Å². The third kappa shape index (κ3) is 7.04. The van der Waals surface area contributed by atoms with Crippen molar-refractivity contribution in [1.29, 1.82) is 0 Å². The van der Waals surface area contributed by atoms with Gasteiger partial charge in [-0.3, -0.25) is 4.79 Å². The zero-order valence-electron chi connectivity index (χ0n) is 24.1. The van der Waals surface area contributed by atoms with Crippen LogP contribution < -0.4 is 21.3 Å². The number of carbonyl (C=O) groups excluding carboxylic acids is 1. The van der Waals surface area contributed by atoms with Gasteiger partial charge in [-0.05, 0) is 82.5 Å². The number of aromatic nitrogens is 2. The molecule has 8 nitrogen and oxygen atoms in total. The highest BCUT2D eigenvalue weighted by Gasteiger charge is 2.32. The van der Waals surface area contributed by atoms with Crippen molar-refractivity contribution in [1.82, 2.24) is 14.9 Å². The molecular formula is C30H44ClN7OS. The van der Waals surface area contributed by atoms with Gasteiger partial charge in [-0.1, -0.05) is 42.8 Å². The van der Waals surface area contributed by atoms with E-state index in [1.54, 1.807) is 0 Å². The van der Waals surface area contributed by atoms with E-state index in [-0.39, 0.29) is 17.4 Å². The molecule has 0 spiro atoms. The lowest BCUT2D eigenvalue weighted by Gasteiger charge is -2.40. The highest BCUT2D eigenvalue weighted by molar-refractivity contribution is 7.99.